The van der Waals surface area contributed by atoms with Crippen molar-refractivity contribution in [2.45, 2.75) is 25.9 Å². The fraction of sp³-hybridized carbons (Fsp3) is 0.227. The number of aromatic nitrogens is 1. The lowest BCUT2D eigenvalue weighted by Gasteiger charge is -2.27. The van der Waals surface area contributed by atoms with E-state index in [9.17, 15) is 4.79 Å². The molecule has 3 heterocycles. The molecule has 0 bridgehead atoms. The Morgan fingerprint density at radius 3 is 2.73 bits per heavy atom. The topological polar surface area (TPSA) is 57.3 Å². The smallest absolute Gasteiger partial charge is 0.226 e. The minimum absolute atomic E-state index is 0.0560. The van der Waals surface area contributed by atoms with E-state index in [-0.39, 0.29) is 23.9 Å². The third kappa shape index (κ3) is 4.05. The Labute approximate surface area is 190 Å². The van der Waals surface area contributed by atoms with Crippen molar-refractivity contribution in [2.24, 2.45) is 5.92 Å². The van der Waals surface area contributed by atoms with E-state index in [1.165, 1.54) is 4.88 Å². The first-order valence-electron chi connectivity index (χ1n) is 9.60. The summed E-state index contributed by atoms with van der Waals surface area (Å²) in [6, 6.07) is 15.5. The van der Waals surface area contributed by atoms with Crippen molar-refractivity contribution in [1.82, 2.24) is 10.3 Å². The number of rotatable bonds is 5. The minimum Gasteiger partial charge on any atom is -0.351 e. The van der Waals surface area contributed by atoms with Crippen molar-refractivity contribution in [1.29, 1.82) is 0 Å². The van der Waals surface area contributed by atoms with E-state index >= 15 is 0 Å². The number of hydrogen-bond donors (Lipinski definition) is 2. The van der Waals surface area contributed by atoms with Crippen LogP contribution in [0.15, 0.2) is 60.1 Å². The summed E-state index contributed by atoms with van der Waals surface area (Å²) in [4.78, 5) is 19.8. The van der Waals surface area contributed by atoms with Crippen LogP contribution >= 0.6 is 35.2 Å². The van der Waals surface area contributed by atoms with Gasteiger partial charge < -0.3 is 15.5 Å². The summed E-state index contributed by atoms with van der Waals surface area (Å²) in [6.07, 6.45) is 1.79. The summed E-state index contributed by atoms with van der Waals surface area (Å²) in [5.41, 5.74) is 2.37. The highest BCUT2D eigenvalue weighted by Crippen LogP contribution is 2.44. The number of anilines is 2. The van der Waals surface area contributed by atoms with E-state index < -0.39 is 0 Å². The predicted molar refractivity (Wildman–Crippen MR) is 127 cm³/mol. The normalized spacial score (nSPS) is 18.5. The van der Waals surface area contributed by atoms with Crippen LogP contribution < -0.4 is 15.5 Å². The van der Waals surface area contributed by atoms with Gasteiger partial charge in [0.15, 0.2) is 5.11 Å². The molecule has 2 atom stereocenters. The van der Waals surface area contributed by atoms with Crippen LogP contribution in [-0.2, 0) is 4.79 Å². The van der Waals surface area contributed by atoms with E-state index in [1.807, 2.05) is 56.3 Å². The van der Waals surface area contributed by atoms with Gasteiger partial charge in [0, 0.05) is 22.7 Å². The summed E-state index contributed by atoms with van der Waals surface area (Å²) in [5.74, 6) is -0.201. The van der Waals surface area contributed by atoms with Gasteiger partial charge >= 0.3 is 0 Å². The van der Waals surface area contributed by atoms with Crippen LogP contribution in [0.4, 0.5) is 11.4 Å². The van der Waals surface area contributed by atoms with Gasteiger partial charge in [-0.25, -0.2) is 0 Å². The van der Waals surface area contributed by atoms with Crippen LogP contribution in [0.5, 0.6) is 0 Å². The van der Waals surface area contributed by atoms with E-state index in [0.29, 0.717) is 15.8 Å². The molecule has 2 N–H and O–H groups in total. The van der Waals surface area contributed by atoms with Crippen LogP contribution in [-0.4, -0.2) is 16.0 Å². The average molecular weight is 457 g/mol. The first-order chi connectivity index (χ1) is 14.5. The molecule has 2 aromatic heterocycles. The SMILES string of the molecule is CC(C)C(=O)Nc1ccc(N2C(=S)N[C@@H](c3ccccn3)[C@@H]2c2cccs2)cc1Cl. The van der Waals surface area contributed by atoms with E-state index in [1.54, 1.807) is 17.5 Å². The van der Waals surface area contributed by atoms with Crippen molar-refractivity contribution < 1.29 is 4.79 Å². The van der Waals surface area contributed by atoms with Gasteiger partial charge in [-0.15, -0.1) is 11.3 Å². The minimum atomic E-state index is -0.126. The molecule has 1 fully saturated rings. The zero-order chi connectivity index (χ0) is 21.3. The number of halogens is 1. The molecule has 1 amide bonds. The molecule has 4 rings (SSSR count). The second-order valence-corrected chi connectivity index (χ2v) is 9.09. The van der Waals surface area contributed by atoms with Crippen LogP contribution in [0.1, 0.15) is 36.5 Å². The van der Waals surface area contributed by atoms with Crippen LogP contribution in [0.3, 0.4) is 0 Å². The Morgan fingerprint density at radius 2 is 2.10 bits per heavy atom. The molecular formula is C22H21ClN4OS2. The van der Waals surface area contributed by atoms with Gasteiger partial charge in [0.25, 0.3) is 0 Å². The largest absolute Gasteiger partial charge is 0.351 e. The van der Waals surface area contributed by atoms with Gasteiger partial charge in [-0.2, -0.15) is 0 Å². The maximum atomic E-state index is 12.0. The molecule has 8 heteroatoms. The lowest BCUT2D eigenvalue weighted by molar-refractivity contribution is -0.118. The molecular weight excluding hydrogens is 436 g/mol. The monoisotopic (exact) mass is 456 g/mol. The Bertz CT molecular complexity index is 1060. The third-order valence-electron chi connectivity index (χ3n) is 4.95. The van der Waals surface area contributed by atoms with E-state index in [2.05, 4.69) is 32.0 Å². The number of thiophene rings is 1. The lowest BCUT2D eigenvalue weighted by atomic mass is 10.0. The number of benzene rings is 1. The molecule has 154 valence electrons. The summed E-state index contributed by atoms with van der Waals surface area (Å²) in [6.45, 7) is 3.69. The molecule has 5 nitrogen and oxygen atoms in total. The number of nitrogens with one attached hydrogen (secondary N) is 2. The maximum Gasteiger partial charge on any atom is 0.226 e. The highest BCUT2D eigenvalue weighted by molar-refractivity contribution is 7.80. The summed E-state index contributed by atoms with van der Waals surface area (Å²) < 4.78 is 0. The van der Waals surface area contributed by atoms with Gasteiger partial charge in [0.2, 0.25) is 5.91 Å². The number of amides is 1. The van der Waals surface area contributed by atoms with Crippen LogP contribution in [0.25, 0.3) is 0 Å². The van der Waals surface area contributed by atoms with Crippen molar-refractivity contribution in [3.8, 4) is 0 Å². The number of hydrogen-bond acceptors (Lipinski definition) is 4. The van der Waals surface area contributed by atoms with Crippen molar-refractivity contribution in [2.75, 3.05) is 10.2 Å². The fourth-order valence-corrected chi connectivity index (χ4v) is 4.83. The van der Waals surface area contributed by atoms with E-state index in [4.69, 9.17) is 23.8 Å². The third-order valence-corrected chi connectivity index (χ3v) is 6.52. The molecule has 0 saturated carbocycles. The van der Waals surface area contributed by atoms with Crippen molar-refractivity contribution in [3.05, 3.63) is 75.7 Å². The number of thiocarbonyl (C=S) groups is 1. The van der Waals surface area contributed by atoms with Crippen LogP contribution in [0.2, 0.25) is 5.02 Å². The summed E-state index contributed by atoms with van der Waals surface area (Å²) in [5, 5.41) is 9.43. The number of pyridine rings is 1. The second kappa shape index (κ2) is 8.71. The predicted octanol–water partition coefficient (Wildman–Crippen LogP) is 5.57. The number of nitrogens with zero attached hydrogens (tertiary/aromatic N) is 2. The molecule has 1 aliphatic rings. The van der Waals surface area contributed by atoms with Crippen molar-refractivity contribution >= 4 is 57.5 Å². The summed E-state index contributed by atoms with van der Waals surface area (Å²) in [7, 11) is 0. The Kier molecular flexibility index (Phi) is 6.04. The van der Waals surface area contributed by atoms with Gasteiger partial charge in [0.05, 0.1) is 28.5 Å². The maximum absolute atomic E-state index is 12.0. The highest BCUT2D eigenvalue weighted by Gasteiger charge is 2.41. The van der Waals surface area contributed by atoms with E-state index in [0.717, 1.165) is 11.4 Å². The fourth-order valence-electron chi connectivity index (χ4n) is 3.41. The Morgan fingerprint density at radius 1 is 1.27 bits per heavy atom. The standard InChI is InChI=1S/C22H21ClN4OS2/c1-13(2)21(28)25-16-9-8-14(12-15(16)23)27-20(18-7-5-11-30-18)19(26-22(27)29)17-6-3-4-10-24-17/h3-13,19-20H,1-2H3,(H,25,28)(H,26,29)/t19-,20-/m0/s1. The zero-order valence-electron chi connectivity index (χ0n) is 16.5. The van der Waals surface area contributed by atoms with Gasteiger partial charge in [-0.1, -0.05) is 37.6 Å². The zero-order valence-corrected chi connectivity index (χ0v) is 18.9. The molecule has 3 aromatic rings. The number of carbonyl (C=O) groups excluding carboxylic acids is 1. The molecule has 1 aliphatic heterocycles. The molecule has 30 heavy (non-hydrogen) atoms. The van der Waals surface area contributed by atoms with Gasteiger partial charge in [-0.05, 0) is 54.0 Å². The first kappa shape index (κ1) is 20.8. The highest BCUT2D eigenvalue weighted by atomic mass is 35.5. The van der Waals surface area contributed by atoms with Crippen LogP contribution in [0, 0.1) is 5.92 Å². The molecule has 0 unspecified atom stereocenters. The van der Waals surface area contributed by atoms with Gasteiger partial charge in [0.1, 0.15) is 0 Å². The second-order valence-electron chi connectivity index (χ2n) is 7.32. The quantitative estimate of drug-likeness (QED) is 0.491. The molecule has 1 saturated heterocycles. The lowest BCUT2D eigenvalue weighted by Crippen LogP contribution is -2.29. The molecule has 0 aliphatic carbocycles. The number of carbonyl (C=O) groups is 1. The first-order valence-corrected chi connectivity index (χ1v) is 11.3. The molecule has 0 spiro atoms. The Hall–Kier alpha value is -2.48. The summed E-state index contributed by atoms with van der Waals surface area (Å²) >= 11 is 13.9. The average Bonchev–Trinajstić information content (AvgIpc) is 3.37. The van der Waals surface area contributed by atoms with Crippen molar-refractivity contribution in [3.63, 3.8) is 0 Å². The Balaban J connectivity index is 1.71. The van der Waals surface area contributed by atoms with Gasteiger partial charge in [-0.3, -0.25) is 9.78 Å². The molecule has 0 radical (unpaired) electrons. The molecule has 1 aromatic carbocycles.